The Morgan fingerprint density at radius 1 is 1.35 bits per heavy atom. The first kappa shape index (κ1) is 16.5. The molecule has 9 heteroatoms. The van der Waals surface area contributed by atoms with E-state index in [2.05, 4.69) is 4.98 Å². The average Bonchev–Trinajstić information content (AvgIpc) is 3.08. The highest BCUT2D eigenvalue weighted by atomic mass is 16.7. The zero-order valence-corrected chi connectivity index (χ0v) is 14.7. The van der Waals surface area contributed by atoms with Gasteiger partial charge in [-0.25, -0.2) is 4.79 Å². The predicted molar refractivity (Wildman–Crippen MR) is 90.4 cm³/mol. The van der Waals surface area contributed by atoms with Crippen molar-refractivity contribution in [1.29, 1.82) is 0 Å². The Balaban J connectivity index is 2.03. The van der Waals surface area contributed by atoms with Gasteiger partial charge in [-0.05, 0) is 11.6 Å². The number of hydrogen-bond donors (Lipinski definition) is 3. The van der Waals surface area contributed by atoms with Crippen LogP contribution in [0.15, 0.2) is 15.7 Å². The van der Waals surface area contributed by atoms with E-state index in [4.69, 9.17) is 14.2 Å². The number of benzene rings is 1. The third-order valence-electron chi connectivity index (χ3n) is 5.13. The number of rotatable bonds is 2. The smallest absolute Gasteiger partial charge is 0.330 e. The molecule has 3 N–H and O–H groups in total. The molecule has 2 atom stereocenters. The summed E-state index contributed by atoms with van der Waals surface area (Å²) in [7, 11) is 4.87. The lowest BCUT2D eigenvalue weighted by Crippen LogP contribution is -3.10. The molecule has 0 radical (unpaired) electrons. The van der Waals surface area contributed by atoms with Crippen LogP contribution in [0.5, 0.6) is 23.1 Å². The summed E-state index contributed by atoms with van der Waals surface area (Å²) in [5, 5.41) is 10.5. The number of ether oxygens (including phenoxy) is 3. The minimum Gasteiger partial charge on any atom is -0.494 e. The molecule has 4 rings (SSSR count). The van der Waals surface area contributed by atoms with Crippen molar-refractivity contribution < 1.29 is 24.2 Å². The van der Waals surface area contributed by atoms with Crippen LogP contribution in [0, 0.1) is 0 Å². The summed E-state index contributed by atoms with van der Waals surface area (Å²) in [6.45, 7) is 0.843. The molecule has 9 nitrogen and oxygen atoms in total. The highest BCUT2D eigenvalue weighted by Gasteiger charge is 2.40. The van der Waals surface area contributed by atoms with Crippen LogP contribution in [0.3, 0.4) is 0 Å². The first-order chi connectivity index (χ1) is 12.4. The Morgan fingerprint density at radius 2 is 2.12 bits per heavy atom. The third kappa shape index (κ3) is 2.20. The van der Waals surface area contributed by atoms with Gasteiger partial charge in [0.05, 0.1) is 26.3 Å². The van der Waals surface area contributed by atoms with Crippen LogP contribution < -0.4 is 30.4 Å². The number of hydrogen-bond acceptors (Lipinski definition) is 6. The van der Waals surface area contributed by atoms with Gasteiger partial charge in [-0.2, -0.15) is 0 Å². The average molecular weight is 362 g/mol. The molecular weight excluding hydrogens is 342 g/mol. The normalized spacial score (nSPS) is 20.7. The van der Waals surface area contributed by atoms with Crippen LogP contribution in [0.25, 0.3) is 0 Å². The summed E-state index contributed by atoms with van der Waals surface area (Å²) >= 11 is 0. The van der Waals surface area contributed by atoms with Crippen molar-refractivity contribution in [2.24, 2.45) is 7.05 Å². The first-order valence-electron chi connectivity index (χ1n) is 8.27. The topological polar surface area (TPSA) is 107 Å². The molecule has 138 valence electrons. The van der Waals surface area contributed by atoms with Crippen LogP contribution in [-0.4, -0.2) is 42.2 Å². The van der Waals surface area contributed by atoms with Gasteiger partial charge in [-0.1, -0.05) is 0 Å². The molecule has 0 aliphatic carbocycles. The lowest BCUT2D eigenvalue weighted by atomic mass is 9.87. The van der Waals surface area contributed by atoms with E-state index >= 15 is 0 Å². The molecule has 0 spiro atoms. The van der Waals surface area contributed by atoms with Gasteiger partial charge in [0, 0.05) is 13.5 Å². The van der Waals surface area contributed by atoms with Crippen molar-refractivity contribution >= 4 is 0 Å². The Kier molecular flexibility index (Phi) is 3.69. The molecule has 1 aromatic carbocycles. The van der Waals surface area contributed by atoms with Crippen LogP contribution in [0.4, 0.5) is 0 Å². The van der Waals surface area contributed by atoms with Gasteiger partial charge < -0.3 is 24.2 Å². The highest BCUT2D eigenvalue weighted by Crippen LogP contribution is 2.48. The van der Waals surface area contributed by atoms with E-state index in [-0.39, 0.29) is 18.2 Å². The SMILES string of the molecule is COc1c2c(cc3c1[C@@H](c1c(O)n(C)c(=O)[nH]c1=O)[NH+](C)CC3)OCO2. The molecule has 2 aliphatic heterocycles. The van der Waals surface area contributed by atoms with Gasteiger partial charge in [0.1, 0.15) is 5.56 Å². The van der Waals surface area contributed by atoms with Gasteiger partial charge >= 0.3 is 5.69 Å². The van der Waals surface area contributed by atoms with E-state index < -0.39 is 17.3 Å². The van der Waals surface area contributed by atoms with E-state index in [1.165, 1.54) is 14.2 Å². The number of methoxy groups -OCH3 is 1. The van der Waals surface area contributed by atoms with Crippen molar-refractivity contribution in [3.63, 3.8) is 0 Å². The van der Waals surface area contributed by atoms with Gasteiger partial charge in [-0.3, -0.25) is 14.3 Å². The fourth-order valence-corrected chi connectivity index (χ4v) is 3.80. The Morgan fingerprint density at radius 3 is 2.85 bits per heavy atom. The number of H-pyrrole nitrogens is 1. The molecule has 0 saturated carbocycles. The van der Waals surface area contributed by atoms with Crippen LogP contribution in [-0.2, 0) is 13.5 Å². The summed E-state index contributed by atoms with van der Waals surface area (Å²) in [5.41, 5.74) is 0.585. The van der Waals surface area contributed by atoms with Gasteiger partial charge in [0.25, 0.3) is 5.56 Å². The zero-order chi connectivity index (χ0) is 18.6. The second-order valence-electron chi connectivity index (χ2n) is 6.55. The summed E-state index contributed by atoms with van der Waals surface area (Å²) < 4.78 is 17.7. The van der Waals surface area contributed by atoms with Gasteiger partial charge in [0.2, 0.25) is 18.4 Å². The molecule has 0 saturated heterocycles. The molecular formula is C17H20N3O6+. The van der Waals surface area contributed by atoms with Crippen molar-refractivity contribution in [2.45, 2.75) is 12.5 Å². The third-order valence-corrected chi connectivity index (χ3v) is 5.13. The number of nitrogens with zero attached hydrogens (tertiary/aromatic N) is 1. The van der Waals surface area contributed by atoms with Gasteiger partial charge in [0.15, 0.2) is 17.5 Å². The number of fused-ring (bicyclic) bond motifs is 2. The number of aromatic nitrogens is 2. The van der Waals surface area contributed by atoms with E-state index in [1.54, 1.807) is 0 Å². The van der Waals surface area contributed by atoms with Crippen molar-refractivity contribution in [3.05, 3.63) is 43.6 Å². The summed E-state index contributed by atoms with van der Waals surface area (Å²) in [6, 6.07) is 1.38. The van der Waals surface area contributed by atoms with E-state index in [0.717, 1.165) is 33.6 Å². The molecule has 0 amide bonds. The maximum atomic E-state index is 12.6. The fourth-order valence-electron chi connectivity index (χ4n) is 3.80. The maximum absolute atomic E-state index is 12.6. The second kappa shape index (κ2) is 5.80. The molecule has 2 aliphatic rings. The van der Waals surface area contributed by atoms with Crippen LogP contribution in [0.2, 0.25) is 0 Å². The Hall–Kier alpha value is -2.94. The zero-order valence-electron chi connectivity index (χ0n) is 14.7. The molecule has 1 unspecified atom stereocenters. The summed E-state index contributed by atoms with van der Waals surface area (Å²) in [4.78, 5) is 27.6. The molecule has 26 heavy (non-hydrogen) atoms. The van der Waals surface area contributed by atoms with Crippen molar-refractivity contribution in [1.82, 2.24) is 9.55 Å². The quantitative estimate of drug-likeness (QED) is 0.612. The summed E-state index contributed by atoms with van der Waals surface area (Å²) in [5.74, 6) is 1.24. The molecule has 0 fully saturated rings. The van der Waals surface area contributed by atoms with Gasteiger partial charge in [-0.15, -0.1) is 0 Å². The largest absolute Gasteiger partial charge is 0.494 e. The minimum absolute atomic E-state index is 0.105. The number of aromatic amines is 1. The molecule has 3 heterocycles. The van der Waals surface area contributed by atoms with Crippen LogP contribution in [0.1, 0.15) is 22.7 Å². The lowest BCUT2D eigenvalue weighted by Gasteiger charge is -2.33. The standard InChI is InChI=1S/C17H19N3O6/c1-19-5-4-8-6-9-13(26-7-25-9)14(24-3)10(8)12(19)11-15(21)18-17(23)20(2)16(11)22/h6,12,22H,4-5,7H2,1-3H3,(H,18,21,23)/p+1/t12-/m0/s1. The second-order valence-corrected chi connectivity index (χ2v) is 6.55. The van der Waals surface area contributed by atoms with E-state index in [9.17, 15) is 14.7 Å². The minimum atomic E-state index is -0.664. The number of quaternary nitrogens is 1. The predicted octanol–water partition coefficient (Wildman–Crippen LogP) is -1.32. The fraction of sp³-hybridized carbons (Fsp3) is 0.412. The monoisotopic (exact) mass is 362 g/mol. The van der Waals surface area contributed by atoms with Crippen molar-refractivity contribution in [2.75, 3.05) is 27.5 Å². The Bertz CT molecular complexity index is 1010. The molecule has 2 aromatic rings. The van der Waals surface area contributed by atoms with Crippen molar-refractivity contribution in [3.8, 4) is 23.1 Å². The van der Waals surface area contributed by atoms with E-state index in [0.29, 0.717) is 17.2 Å². The first-order valence-corrected chi connectivity index (χ1v) is 8.27. The lowest BCUT2D eigenvalue weighted by molar-refractivity contribution is -0.908. The highest BCUT2D eigenvalue weighted by molar-refractivity contribution is 5.62. The molecule has 1 aromatic heterocycles. The van der Waals surface area contributed by atoms with Crippen LogP contribution >= 0.6 is 0 Å². The maximum Gasteiger partial charge on any atom is 0.330 e. The number of nitrogens with one attached hydrogen (secondary N) is 2. The Labute approximate surface area is 148 Å². The molecule has 0 bridgehead atoms. The van der Waals surface area contributed by atoms with E-state index in [1.807, 2.05) is 13.1 Å². The number of likely N-dealkylation sites (N-methyl/N-ethyl adjacent to an activating group) is 1. The summed E-state index contributed by atoms with van der Waals surface area (Å²) in [6.07, 6.45) is 0.759. The number of aromatic hydroxyl groups is 1.